The number of aromatic nitrogens is 4. The number of H-pyrrole nitrogens is 1. The molecule has 28 heavy (non-hydrogen) atoms. The number of fused-ring (bicyclic) bond motifs is 2. The van der Waals surface area contributed by atoms with Crippen LogP contribution in [0.15, 0.2) is 6.33 Å². The van der Waals surface area contributed by atoms with Crippen molar-refractivity contribution in [1.29, 1.82) is 0 Å². The van der Waals surface area contributed by atoms with Gasteiger partial charge in [0.1, 0.15) is 5.52 Å². The van der Waals surface area contributed by atoms with Crippen molar-refractivity contribution in [3.63, 3.8) is 0 Å². The normalized spacial score (nSPS) is 25.0. The Labute approximate surface area is 168 Å². The Balaban J connectivity index is 0.000000191. The van der Waals surface area contributed by atoms with E-state index in [0.717, 1.165) is 5.92 Å². The van der Waals surface area contributed by atoms with Crippen LogP contribution in [0, 0.1) is 5.92 Å². The Hall–Kier alpha value is -1.58. The average molecular weight is 420 g/mol. The Kier molecular flexibility index (Phi) is 7.91. The second kappa shape index (κ2) is 9.76. The third kappa shape index (κ3) is 5.96. The molecule has 1 aliphatic carbocycles. The molecule has 2 atom stereocenters. The Morgan fingerprint density at radius 3 is 2.43 bits per heavy atom. The van der Waals surface area contributed by atoms with E-state index < -0.39 is 13.0 Å². The predicted molar refractivity (Wildman–Crippen MR) is 105 cm³/mol. The van der Waals surface area contributed by atoms with Crippen LogP contribution in [-0.2, 0) is 9.47 Å². The van der Waals surface area contributed by atoms with Crippen LogP contribution in [0.5, 0.6) is 0 Å². The lowest BCUT2D eigenvalue weighted by molar-refractivity contribution is -0.153. The molecule has 3 heterocycles. The van der Waals surface area contributed by atoms with Crippen LogP contribution in [0.3, 0.4) is 0 Å². The Bertz CT molecular complexity index is 743. The summed E-state index contributed by atoms with van der Waals surface area (Å²) < 4.78 is 35.4. The first-order valence-corrected chi connectivity index (χ1v) is 9.85. The van der Waals surface area contributed by atoms with Crippen molar-refractivity contribution >= 4 is 28.6 Å². The van der Waals surface area contributed by atoms with E-state index in [-0.39, 0.29) is 16.9 Å². The number of halogens is 3. The molecule has 0 amide bonds. The maximum Gasteiger partial charge on any atom is 0.255 e. The molecule has 0 bridgehead atoms. The minimum atomic E-state index is -2.46. The third-order valence-electron chi connectivity index (χ3n) is 4.24. The van der Waals surface area contributed by atoms with Crippen LogP contribution in [-0.4, -0.2) is 50.9 Å². The van der Waals surface area contributed by atoms with Gasteiger partial charge in [0.2, 0.25) is 5.28 Å². The van der Waals surface area contributed by atoms with E-state index in [1.54, 1.807) is 0 Å². The monoisotopic (exact) mass is 419 g/mol. The molecule has 2 fully saturated rings. The molecule has 7 nitrogen and oxygen atoms in total. The minimum Gasteiger partial charge on any atom is -0.362 e. The smallest absolute Gasteiger partial charge is 0.255 e. The summed E-state index contributed by atoms with van der Waals surface area (Å²) in [7, 11) is 0. The van der Waals surface area contributed by atoms with Gasteiger partial charge in [-0.05, 0) is 44.2 Å². The predicted octanol–water partition coefficient (Wildman–Crippen LogP) is 4.65. The van der Waals surface area contributed by atoms with Crippen molar-refractivity contribution < 1.29 is 18.3 Å². The molecule has 1 saturated heterocycles. The van der Waals surface area contributed by atoms with Crippen LogP contribution >= 0.6 is 11.6 Å². The molecule has 2 aromatic rings. The van der Waals surface area contributed by atoms with Gasteiger partial charge in [-0.15, -0.1) is 0 Å². The van der Waals surface area contributed by atoms with Gasteiger partial charge in [-0.25, -0.2) is 13.8 Å². The molecule has 2 aliphatic rings. The number of nitrogens with zero attached hydrogens (tertiary/aromatic N) is 3. The third-order valence-corrected chi connectivity index (χ3v) is 4.41. The molecule has 10 heteroatoms. The summed E-state index contributed by atoms with van der Waals surface area (Å²) in [5.41, 5.74) is 0.798. The number of alkyl halides is 2. The maximum atomic E-state index is 12.0. The van der Waals surface area contributed by atoms with Crippen molar-refractivity contribution in [2.24, 2.45) is 5.92 Å². The highest BCUT2D eigenvalue weighted by Gasteiger charge is 2.45. The zero-order chi connectivity index (χ0) is 20.9. The number of hydrogen-bond acceptors (Lipinski definition) is 6. The molecule has 0 aromatic carbocycles. The van der Waals surface area contributed by atoms with Gasteiger partial charge in [0.15, 0.2) is 17.3 Å². The molecule has 158 valence electrons. The lowest BCUT2D eigenvalue weighted by atomic mass is 10.1. The lowest BCUT2D eigenvalue weighted by Crippen LogP contribution is -2.22. The second-order valence-corrected chi connectivity index (χ2v) is 7.34. The van der Waals surface area contributed by atoms with Gasteiger partial charge in [0.05, 0.1) is 25.1 Å². The Morgan fingerprint density at radius 2 is 1.86 bits per heavy atom. The molecule has 2 aromatic heterocycles. The van der Waals surface area contributed by atoms with Gasteiger partial charge in [0.25, 0.3) is 6.43 Å². The van der Waals surface area contributed by atoms with Gasteiger partial charge in [-0.3, -0.25) is 0 Å². The molecule has 2 N–H and O–H groups in total. The van der Waals surface area contributed by atoms with Gasteiger partial charge in [-0.1, -0.05) is 20.8 Å². The standard InChI is InChI=1S/C9H16O2.C7H6ClF2N5.C2H6/c1-6-4-7-8(5-6)11-9(2,3)10-7;8-7-14-5(11-1-3(9)10)4-6(15-7)13-2-12-4;1-2/h6-8H,4-5H2,1-3H3;2-3H,1H2,(H2,11,12,13,14,15);1-2H3. The first-order chi connectivity index (χ1) is 13.2. The highest BCUT2D eigenvalue weighted by atomic mass is 35.5. The molecule has 0 spiro atoms. The van der Waals surface area contributed by atoms with Crippen LogP contribution < -0.4 is 5.32 Å². The number of imidazole rings is 1. The summed E-state index contributed by atoms with van der Waals surface area (Å²) in [6.45, 7) is 9.76. The first-order valence-electron chi connectivity index (χ1n) is 9.48. The SMILES string of the molecule is CC.CC1CC2OC(C)(C)OC2C1.FC(F)CNc1nc(Cl)nc2nc[nH]c12. The van der Waals surface area contributed by atoms with Crippen molar-refractivity contribution in [1.82, 2.24) is 19.9 Å². The van der Waals surface area contributed by atoms with E-state index in [2.05, 4.69) is 32.2 Å². The summed E-state index contributed by atoms with van der Waals surface area (Å²) in [6, 6.07) is 0. The van der Waals surface area contributed by atoms with E-state index in [4.69, 9.17) is 21.1 Å². The molecular weight excluding hydrogens is 392 g/mol. The summed E-state index contributed by atoms with van der Waals surface area (Å²) in [6.07, 6.45) is 2.03. The van der Waals surface area contributed by atoms with Crippen molar-refractivity contribution in [3.05, 3.63) is 11.6 Å². The van der Waals surface area contributed by atoms with Crippen molar-refractivity contribution in [2.45, 2.75) is 71.9 Å². The maximum absolute atomic E-state index is 12.0. The van der Waals surface area contributed by atoms with Crippen molar-refractivity contribution in [2.75, 3.05) is 11.9 Å². The van der Waals surface area contributed by atoms with E-state index in [1.165, 1.54) is 19.2 Å². The zero-order valence-electron chi connectivity index (χ0n) is 16.8. The van der Waals surface area contributed by atoms with E-state index >= 15 is 0 Å². The van der Waals surface area contributed by atoms with Crippen molar-refractivity contribution in [3.8, 4) is 0 Å². The first kappa shape index (κ1) is 22.7. The molecule has 0 radical (unpaired) electrons. The largest absolute Gasteiger partial charge is 0.362 e. The van der Waals surface area contributed by atoms with E-state index in [1.807, 2.05) is 27.7 Å². The summed E-state index contributed by atoms with van der Waals surface area (Å²) in [4.78, 5) is 14.2. The number of hydrogen-bond donors (Lipinski definition) is 2. The van der Waals surface area contributed by atoms with E-state index in [9.17, 15) is 8.78 Å². The average Bonchev–Trinajstić information content (AvgIpc) is 3.27. The Morgan fingerprint density at radius 1 is 1.25 bits per heavy atom. The topological polar surface area (TPSA) is 84.9 Å². The van der Waals surface area contributed by atoms with E-state index in [0.29, 0.717) is 23.4 Å². The summed E-state index contributed by atoms with van der Waals surface area (Å²) in [5, 5.41) is 2.42. The second-order valence-electron chi connectivity index (χ2n) is 7.00. The highest BCUT2D eigenvalue weighted by Crippen LogP contribution is 2.40. The fourth-order valence-electron chi connectivity index (χ4n) is 3.31. The quantitative estimate of drug-likeness (QED) is 0.704. The van der Waals surface area contributed by atoms with Gasteiger partial charge in [0, 0.05) is 0 Å². The number of aromatic amines is 1. The van der Waals surface area contributed by atoms with Crippen LogP contribution in [0.1, 0.15) is 47.5 Å². The highest BCUT2D eigenvalue weighted by molar-refractivity contribution is 6.28. The van der Waals surface area contributed by atoms with Crippen LogP contribution in [0.2, 0.25) is 5.28 Å². The van der Waals surface area contributed by atoms with Gasteiger partial charge < -0.3 is 19.8 Å². The number of rotatable bonds is 3. The fraction of sp³-hybridized carbons (Fsp3) is 0.722. The zero-order valence-corrected chi connectivity index (χ0v) is 17.6. The number of nitrogens with one attached hydrogen (secondary N) is 2. The molecule has 2 unspecified atom stereocenters. The molecular formula is C18H28ClF2N5O2. The molecule has 1 saturated carbocycles. The van der Waals surface area contributed by atoms with Crippen LogP contribution in [0.4, 0.5) is 14.6 Å². The summed E-state index contributed by atoms with van der Waals surface area (Å²) >= 11 is 5.59. The van der Waals surface area contributed by atoms with Crippen LogP contribution in [0.25, 0.3) is 11.2 Å². The van der Waals surface area contributed by atoms with Gasteiger partial charge >= 0.3 is 0 Å². The lowest BCUT2D eigenvalue weighted by Gasteiger charge is -2.19. The fourth-order valence-corrected chi connectivity index (χ4v) is 3.47. The molecule has 4 rings (SSSR count). The molecule has 1 aliphatic heterocycles. The summed E-state index contributed by atoms with van der Waals surface area (Å²) in [5.74, 6) is 0.680. The number of ether oxygens (including phenoxy) is 2. The number of anilines is 1. The minimum absolute atomic E-state index is 0.0358. The van der Waals surface area contributed by atoms with Gasteiger partial charge in [-0.2, -0.15) is 9.97 Å².